The number of nitrogens with zero attached hydrogens (tertiary/aromatic N) is 2. The first-order valence-electron chi connectivity index (χ1n) is 5.39. The minimum Gasteiger partial charge on any atom is -0.299 e. The number of aromatic amines is 1. The predicted octanol–water partition coefficient (Wildman–Crippen LogP) is 1.13. The Morgan fingerprint density at radius 2 is 2.29 bits per heavy atom. The third-order valence-electron chi connectivity index (χ3n) is 2.60. The molecule has 0 aliphatic carbocycles. The molecule has 88 valence electrons. The maximum Gasteiger partial charge on any atom is 0.278 e. The average Bonchev–Trinajstić information content (AvgIpc) is 2.64. The number of carbonyl (C=O) groups is 1. The van der Waals surface area contributed by atoms with Gasteiger partial charge in [-0.2, -0.15) is 0 Å². The zero-order valence-electron chi connectivity index (χ0n) is 9.73. The Labute approximate surface area is 98.1 Å². The van der Waals surface area contributed by atoms with Crippen molar-refractivity contribution in [1.29, 1.82) is 0 Å². The smallest absolute Gasteiger partial charge is 0.278 e. The van der Waals surface area contributed by atoms with E-state index >= 15 is 0 Å². The Bertz CT molecular complexity index is 596. The molecule has 0 unspecified atom stereocenters. The van der Waals surface area contributed by atoms with Gasteiger partial charge in [0.15, 0.2) is 0 Å². The maximum absolute atomic E-state index is 12.1. The summed E-state index contributed by atoms with van der Waals surface area (Å²) in [6, 6.07) is 3.32. The van der Waals surface area contributed by atoms with Gasteiger partial charge in [0, 0.05) is 30.2 Å². The van der Waals surface area contributed by atoms with Crippen molar-refractivity contribution in [2.75, 3.05) is 0 Å². The molecule has 2 heterocycles. The van der Waals surface area contributed by atoms with Crippen LogP contribution in [0.1, 0.15) is 28.5 Å². The van der Waals surface area contributed by atoms with Gasteiger partial charge >= 0.3 is 0 Å². The van der Waals surface area contributed by atoms with Crippen LogP contribution in [-0.4, -0.2) is 20.5 Å². The summed E-state index contributed by atoms with van der Waals surface area (Å²) in [6.07, 6.45) is 3.05. The van der Waals surface area contributed by atoms with E-state index in [1.54, 1.807) is 25.3 Å². The van der Waals surface area contributed by atoms with E-state index in [0.29, 0.717) is 17.8 Å². The molecule has 0 saturated heterocycles. The van der Waals surface area contributed by atoms with Crippen LogP contribution in [0.3, 0.4) is 0 Å². The minimum atomic E-state index is -0.288. The molecule has 0 amide bonds. The van der Waals surface area contributed by atoms with Crippen molar-refractivity contribution >= 4 is 5.78 Å². The summed E-state index contributed by atoms with van der Waals surface area (Å²) < 4.78 is 1.42. The second kappa shape index (κ2) is 4.37. The molecule has 5 heteroatoms. The van der Waals surface area contributed by atoms with E-state index in [1.807, 2.05) is 6.92 Å². The summed E-state index contributed by atoms with van der Waals surface area (Å²) in [7, 11) is 0. The van der Waals surface area contributed by atoms with Crippen LogP contribution >= 0.6 is 0 Å². The van der Waals surface area contributed by atoms with Crippen LogP contribution < -0.4 is 5.56 Å². The largest absolute Gasteiger partial charge is 0.299 e. The Kier molecular flexibility index (Phi) is 2.91. The number of hydrogen-bond donors (Lipinski definition) is 1. The van der Waals surface area contributed by atoms with Gasteiger partial charge in [-0.15, -0.1) is 0 Å². The van der Waals surface area contributed by atoms with Crippen molar-refractivity contribution in [3.63, 3.8) is 0 Å². The highest BCUT2D eigenvalue weighted by Crippen LogP contribution is 2.08. The van der Waals surface area contributed by atoms with Crippen molar-refractivity contribution in [1.82, 2.24) is 14.8 Å². The Morgan fingerprint density at radius 1 is 1.53 bits per heavy atom. The van der Waals surface area contributed by atoms with Crippen LogP contribution in [0.15, 0.2) is 29.3 Å². The third kappa shape index (κ3) is 1.91. The highest BCUT2D eigenvalue weighted by molar-refractivity contribution is 6.09. The molecule has 0 saturated carbocycles. The van der Waals surface area contributed by atoms with Crippen molar-refractivity contribution in [2.24, 2.45) is 0 Å². The van der Waals surface area contributed by atoms with Gasteiger partial charge in [0.1, 0.15) is 5.56 Å². The van der Waals surface area contributed by atoms with E-state index in [1.165, 1.54) is 10.9 Å². The van der Waals surface area contributed by atoms with Crippen LogP contribution in [0.25, 0.3) is 0 Å². The standard InChI is InChI=1S/C12H13N3O2/c1-3-15-12(17)10(8(2)14-15)11(16)9-5-4-6-13-7-9/h4-7,14H,3H2,1-2H3. The number of aryl methyl sites for hydroxylation is 2. The van der Waals surface area contributed by atoms with Gasteiger partial charge in [-0.3, -0.25) is 24.4 Å². The lowest BCUT2D eigenvalue weighted by Gasteiger charge is -1.96. The summed E-state index contributed by atoms with van der Waals surface area (Å²) in [6.45, 7) is 4.08. The fraction of sp³-hybridized carbons (Fsp3) is 0.250. The molecule has 17 heavy (non-hydrogen) atoms. The van der Waals surface area contributed by atoms with Crippen molar-refractivity contribution in [2.45, 2.75) is 20.4 Å². The Hall–Kier alpha value is -2.17. The molecule has 0 aromatic carbocycles. The van der Waals surface area contributed by atoms with Gasteiger partial charge in [0.05, 0.1) is 0 Å². The monoisotopic (exact) mass is 231 g/mol. The van der Waals surface area contributed by atoms with Gasteiger partial charge in [0.25, 0.3) is 5.56 Å². The molecule has 5 nitrogen and oxygen atoms in total. The van der Waals surface area contributed by atoms with Crippen molar-refractivity contribution < 1.29 is 4.79 Å². The average molecular weight is 231 g/mol. The summed E-state index contributed by atoms with van der Waals surface area (Å²) >= 11 is 0. The van der Waals surface area contributed by atoms with Gasteiger partial charge in [-0.25, -0.2) is 0 Å². The number of aromatic nitrogens is 3. The molecular formula is C12H13N3O2. The molecule has 2 rings (SSSR count). The molecule has 0 bridgehead atoms. The first-order chi connectivity index (χ1) is 8.15. The van der Waals surface area contributed by atoms with Gasteiger partial charge in [-0.05, 0) is 26.0 Å². The zero-order valence-corrected chi connectivity index (χ0v) is 9.73. The van der Waals surface area contributed by atoms with E-state index in [4.69, 9.17) is 0 Å². The number of ketones is 1. The molecule has 2 aromatic heterocycles. The van der Waals surface area contributed by atoms with E-state index in [9.17, 15) is 9.59 Å². The number of nitrogens with one attached hydrogen (secondary N) is 1. The fourth-order valence-electron chi connectivity index (χ4n) is 1.74. The summed E-state index contributed by atoms with van der Waals surface area (Å²) in [5.41, 5.74) is 0.930. The van der Waals surface area contributed by atoms with E-state index < -0.39 is 0 Å². The molecule has 0 fully saturated rings. The zero-order chi connectivity index (χ0) is 12.4. The highest BCUT2D eigenvalue weighted by Gasteiger charge is 2.19. The predicted molar refractivity (Wildman–Crippen MR) is 63.1 cm³/mol. The molecule has 0 aliphatic rings. The van der Waals surface area contributed by atoms with Crippen LogP contribution in [0, 0.1) is 6.92 Å². The van der Waals surface area contributed by atoms with E-state index in [2.05, 4.69) is 10.1 Å². The van der Waals surface area contributed by atoms with Crippen LogP contribution in [0.5, 0.6) is 0 Å². The number of hydrogen-bond acceptors (Lipinski definition) is 3. The SMILES string of the molecule is CCn1[nH]c(C)c(C(=O)c2cccnc2)c1=O. The maximum atomic E-state index is 12.1. The molecule has 1 N–H and O–H groups in total. The Balaban J connectivity index is 2.52. The topological polar surface area (TPSA) is 67.8 Å². The first-order valence-corrected chi connectivity index (χ1v) is 5.39. The molecule has 0 aliphatic heterocycles. The minimum absolute atomic E-state index is 0.194. The van der Waals surface area contributed by atoms with Crippen molar-refractivity contribution in [3.8, 4) is 0 Å². The summed E-state index contributed by atoms with van der Waals surface area (Å²) in [5, 5.41) is 2.88. The second-order valence-electron chi connectivity index (χ2n) is 3.73. The normalized spacial score (nSPS) is 10.5. The Morgan fingerprint density at radius 3 is 2.82 bits per heavy atom. The van der Waals surface area contributed by atoms with Crippen LogP contribution in [0.2, 0.25) is 0 Å². The number of rotatable bonds is 3. The summed E-state index contributed by atoms with van der Waals surface area (Å²) in [5.74, 6) is -0.288. The van der Waals surface area contributed by atoms with Crippen LogP contribution in [-0.2, 0) is 6.54 Å². The van der Waals surface area contributed by atoms with E-state index in [0.717, 1.165) is 0 Å². The molecular weight excluding hydrogens is 218 g/mol. The van der Waals surface area contributed by atoms with Gasteiger partial charge in [-0.1, -0.05) is 0 Å². The quantitative estimate of drug-likeness (QED) is 0.805. The fourth-order valence-corrected chi connectivity index (χ4v) is 1.74. The van der Waals surface area contributed by atoms with Gasteiger partial charge < -0.3 is 0 Å². The van der Waals surface area contributed by atoms with E-state index in [-0.39, 0.29) is 16.9 Å². The molecule has 0 spiro atoms. The number of pyridine rings is 1. The van der Waals surface area contributed by atoms with Crippen molar-refractivity contribution in [3.05, 3.63) is 51.7 Å². The van der Waals surface area contributed by atoms with Crippen LogP contribution in [0.4, 0.5) is 0 Å². The number of carbonyl (C=O) groups excluding carboxylic acids is 1. The summed E-state index contributed by atoms with van der Waals surface area (Å²) in [4.78, 5) is 27.9. The first kappa shape index (κ1) is 11.3. The molecule has 0 atom stereocenters. The lowest BCUT2D eigenvalue weighted by molar-refractivity contribution is 0.103. The van der Waals surface area contributed by atoms with Gasteiger partial charge in [0.2, 0.25) is 5.78 Å². The third-order valence-corrected chi connectivity index (χ3v) is 2.60. The molecule has 0 radical (unpaired) electrons. The lowest BCUT2D eigenvalue weighted by Crippen LogP contribution is -2.21. The second-order valence-corrected chi connectivity index (χ2v) is 3.73. The lowest BCUT2D eigenvalue weighted by atomic mass is 10.1. The highest BCUT2D eigenvalue weighted by atomic mass is 16.2. The molecule has 2 aromatic rings. The number of H-pyrrole nitrogens is 1.